The topological polar surface area (TPSA) is 54.5 Å². The van der Waals surface area contributed by atoms with Gasteiger partial charge in [-0.3, -0.25) is 4.79 Å². The first-order valence-electron chi connectivity index (χ1n) is 8.53. The highest BCUT2D eigenvalue weighted by atomic mass is 16.5. The van der Waals surface area contributed by atoms with Gasteiger partial charge in [0.05, 0.1) is 18.7 Å². The molecule has 0 radical (unpaired) electrons. The van der Waals surface area contributed by atoms with Gasteiger partial charge in [-0.2, -0.15) is 0 Å². The van der Waals surface area contributed by atoms with Gasteiger partial charge < -0.3 is 15.0 Å². The van der Waals surface area contributed by atoms with E-state index < -0.39 is 0 Å². The molecule has 5 nitrogen and oxygen atoms in total. The Morgan fingerprint density at radius 1 is 1.08 bits per heavy atom. The van der Waals surface area contributed by atoms with Gasteiger partial charge in [0.15, 0.2) is 0 Å². The summed E-state index contributed by atoms with van der Waals surface area (Å²) in [5.74, 6) is 0.645. The molecule has 0 unspecified atom stereocenters. The van der Waals surface area contributed by atoms with Crippen LogP contribution in [0.4, 0.5) is 0 Å². The fourth-order valence-electron chi connectivity index (χ4n) is 2.90. The standard InChI is InChI=1S/C21H23N3O2/c1-24(2)20(16-8-11-17(26-3)12-9-16)14-22-21(25)19-13-10-15-6-4-5-7-18(15)23-19/h4-13,20H,14H2,1-3H3,(H,22,25)/t20-/m1/s1. The molecule has 1 heterocycles. The Morgan fingerprint density at radius 2 is 1.81 bits per heavy atom. The molecule has 1 aromatic heterocycles. The number of hydrogen-bond donors (Lipinski definition) is 1. The van der Waals surface area contributed by atoms with Crippen molar-refractivity contribution >= 4 is 16.8 Å². The molecule has 0 spiro atoms. The van der Waals surface area contributed by atoms with Crippen LogP contribution in [0.2, 0.25) is 0 Å². The second kappa shape index (κ2) is 7.97. The molecular weight excluding hydrogens is 326 g/mol. The van der Waals surface area contributed by atoms with Gasteiger partial charge in [0, 0.05) is 11.9 Å². The molecule has 3 aromatic rings. The zero-order valence-corrected chi connectivity index (χ0v) is 15.3. The average molecular weight is 349 g/mol. The van der Waals surface area contributed by atoms with Gasteiger partial charge in [0.2, 0.25) is 0 Å². The maximum Gasteiger partial charge on any atom is 0.269 e. The highest BCUT2D eigenvalue weighted by Gasteiger charge is 2.16. The summed E-state index contributed by atoms with van der Waals surface area (Å²) < 4.78 is 5.21. The van der Waals surface area contributed by atoms with E-state index in [1.165, 1.54) is 0 Å². The molecule has 134 valence electrons. The molecule has 3 rings (SSSR count). The molecule has 0 saturated carbocycles. The van der Waals surface area contributed by atoms with Gasteiger partial charge in [-0.1, -0.05) is 36.4 Å². The number of ether oxygens (including phenoxy) is 1. The van der Waals surface area contributed by atoms with Crippen LogP contribution < -0.4 is 10.1 Å². The van der Waals surface area contributed by atoms with Crippen LogP contribution in [0.5, 0.6) is 5.75 Å². The van der Waals surface area contributed by atoms with Crippen molar-refractivity contribution in [1.29, 1.82) is 0 Å². The van der Waals surface area contributed by atoms with Crippen LogP contribution in [0.25, 0.3) is 10.9 Å². The van der Waals surface area contributed by atoms with Crippen LogP contribution in [-0.2, 0) is 0 Å². The Bertz CT molecular complexity index is 891. The summed E-state index contributed by atoms with van der Waals surface area (Å²) in [4.78, 5) is 19.1. The van der Waals surface area contributed by atoms with E-state index >= 15 is 0 Å². The van der Waals surface area contributed by atoms with Crippen molar-refractivity contribution in [1.82, 2.24) is 15.2 Å². The van der Waals surface area contributed by atoms with Crippen molar-refractivity contribution in [2.45, 2.75) is 6.04 Å². The third-order valence-corrected chi connectivity index (χ3v) is 4.41. The minimum Gasteiger partial charge on any atom is -0.497 e. The van der Waals surface area contributed by atoms with Crippen molar-refractivity contribution in [3.05, 3.63) is 71.9 Å². The average Bonchev–Trinajstić information content (AvgIpc) is 2.67. The summed E-state index contributed by atoms with van der Waals surface area (Å²) in [5.41, 5.74) is 2.36. The Labute approximate surface area is 153 Å². The number of fused-ring (bicyclic) bond motifs is 1. The molecule has 0 fully saturated rings. The van der Waals surface area contributed by atoms with Crippen LogP contribution in [0, 0.1) is 0 Å². The number of pyridine rings is 1. The molecule has 0 aliphatic carbocycles. The molecule has 26 heavy (non-hydrogen) atoms. The number of methoxy groups -OCH3 is 1. The normalized spacial score (nSPS) is 12.2. The lowest BCUT2D eigenvalue weighted by atomic mass is 10.1. The van der Waals surface area contributed by atoms with Crippen molar-refractivity contribution in [3.8, 4) is 5.75 Å². The predicted octanol–water partition coefficient (Wildman–Crippen LogP) is 3.28. The van der Waals surface area contributed by atoms with E-state index in [0.29, 0.717) is 12.2 Å². The SMILES string of the molecule is COc1ccc([C@@H](CNC(=O)c2ccc3ccccc3n2)N(C)C)cc1. The highest BCUT2D eigenvalue weighted by Crippen LogP contribution is 2.21. The second-order valence-corrected chi connectivity index (χ2v) is 6.35. The van der Waals surface area contributed by atoms with E-state index in [1.807, 2.05) is 68.7 Å². The Balaban J connectivity index is 1.72. The van der Waals surface area contributed by atoms with Crippen molar-refractivity contribution < 1.29 is 9.53 Å². The number of carbonyl (C=O) groups is 1. The molecule has 0 bridgehead atoms. The lowest BCUT2D eigenvalue weighted by Crippen LogP contribution is -2.34. The molecule has 0 aliphatic heterocycles. The quantitative estimate of drug-likeness (QED) is 0.742. The number of benzene rings is 2. The van der Waals surface area contributed by atoms with Crippen LogP contribution in [0.1, 0.15) is 22.1 Å². The second-order valence-electron chi connectivity index (χ2n) is 6.35. The first kappa shape index (κ1) is 17.9. The zero-order chi connectivity index (χ0) is 18.5. The first-order chi connectivity index (χ1) is 12.6. The van der Waals surface area contributed by atoms with Crippen molar-refractivity contribution in [2.24, 2.45) is 0 Å². The molecule has 2 aromatic carbocycles. The summed E-state index contributed by atoms with van der Waals surface area (Å²) in [6.45, 7) is 0.493. The smallest absolute Gasteiger partial charge is 0.269 e. The number of likely N-dealkylation sites (N-methyl/N-ethyl adjacent to an activating group) is 1. The van der Waals surface area contributed by atoms with Crippen LogP contribution in [0.3, 0.4) is 0 Å². The molecule has 0 saturated heterocycles. The van der Waals surface area contributed by atoms with E-state index in [-0.39, 0.29) is 11.9 Å². The fourth-order valence-corrected chi connectivity index (χ4v) is 2.90. The van der Waals surface area contributed by atoms with Crippen molar-refractivity contribution in [3.63, 3.8) is 0 Å². The number of para-hydroxylation sites is 1. The lowest BCUT2D eigenvalue weighted by molar-refractivity contribution is 0.0937. The minimum atomic E-state index is -0.170. The number of hydrogen-bond acceptors (Lipinski definition) is 4. The van der Waals surface area contributed by atoms with E-state index in [9.17, 15) is 4.79 Å². The van der Waals surface area contributed by atoms with Gasteiger partial charge in [0.1, 0.15) is 11.4 Å². The number of amides is 1. The molecule has 0 aliphatic rings. The third kappa shape index (κ3) is 4.00. The van der Waals surface area contributed by atoms with Crippen LogP contribution in [0.15, 0.2) is 60.7 Å². The number of rotatable bonds is 6. The van der Waals surface area contributed by atoms with Gasteiger partial charge in [-0.25, -0.2) is 4.98 Å². The molecule has 1 atom stereocenters. The Morgan fingerprint density at radius 3 is 2.50 bits per heavy atom. The maximum absolute atomic E-state index is 12.5. The first-order valence-corrected chi connectivity index (χ1v) is 8.53. The monoisotopic (exact) mass is 349 g/mol. The van der Waals surface area contributed by atoms with Crippen LogP contribution in [-0.4, -0.2) is 43.5 Å². The fraction of sp³-hybridized carbons (Fsp3) is 0.238. The molecule has 5 heteroatoms. The highest BCUT2D eigenvalue weighted by molar-refractivity contribution is 5.94. The third-order valence-electron chi connectivity index (χ3n) is 4.41. The number of nitrogens with zero attached hydrogens (tertiary/aromatic N) is 2. The molecular formula is C21H23N3O2. The largest absolute Gasteiger partial charge is 0.497 e. The molecule has 1 amide bonds. The minimum absolute atomic E-state index is 0.0605. The summed E-state index contributed by atoms with van der Waals surface area (Å²) in [6.07, 6.45) is 0. The molecule has 1 N–H and O–H groups in total. The van der Waals surface area contributed by atoms with Gasteiger partial charge in [-0.05, 0) is 43.9 Å². The number of carbonyl (C=O) groups excluding carboxylic acids is 1. The van der Waals surface area contributed by atoms with Gasteiger partial charge >= 0.3 is 0 Å². The summed E-state index contributed by atoms with van der Waals surface area (Å²) >= 11 is 0. The maximum atomic E-state index is 12.5. The summed E-state index contributed by atoms with van der Waals surface area (Å²) in [5, 5.41) is 4.02. The van der Waals surface area contributed by atoms with E-state index in [0.717, 1.165) is 22.2 Å². The Hall–Kier alpha value is -2.92. The van der Waals surface area contributed by atoms with Crippen molar-refractivity contribution in [2.75, 3.05) is 27.7 Å². The summed E-state index contributed by atoms with van der Waals surface area (Å²) in [6, 6.07) is 19.4. The van der Waals surface area contributed by atoms with E-state index in [4.69, 9.17) is 4.74 Å². The zero-order valence-electron chi connectivity index (χ0n) is 15.3. The number of aromatic nitrogens is 1. The number of nitrogens with one attached hydrogen (secondary N) is 1. The van der Waals surface area contributed by atoms with Gasteiger partial charge in [0.25, 0.3) is 5.91 Å². The van der Waals surface area contributed by atoms with Gasteiger partial charge in [-0.15, -0.1) is 0 Å². The summed E-state index contributed by atoms with van der Waals surface area (Å²) in [7, 11) is 5.64. The van der Waals surface area contributed by atoms with E-state index in [2.05, 4.69) is 15.2 Å². The Kier molecular flexibility index (Phi) is 5.49. The van der Waals surface area contributed by atoms with Crippen LogP contribution >= 0.6 is 0 Å². The van der Waals surface area contributed by atoms with E-state index in [1.54, 1.807) is 13.2 Å². The lowest BCUT2D eigenvalue weighted by Gasteiger charge is -2.25. The predicted molar refractivity (Wildman–Crippen MR) is 103 cm³/mol.